The average Bonchev–Trinajstić information content (AvgIpc) is 2.98. The predicted octanol–water partition coefficient (Wildman–Crippen LogP) is 3.99. The summed E-state index contributed by atoms with van der Waals surface area (Å²) in [5.41, 5.74) is 3.54. The van der Waals surface area contributed by atoms with Gasteiger partial charge >= 0.3 is 0 Å². The van der Waals surface area contributed by atoms with Crippen LogP contribution >= 0.6 is 11.8 Å². The summed E-state index contributed by atoms with van der Waals surface area (Å²) in [5, 5.41) is 1.87. The number of amides is 3. The molecule has 0 bridgehead atoms. The number of anilines is 1. The summed E-state index contributed by atoms with van der Waals surface area (Å²) in [6.45, 7) is 2.07. The third-order valence-corrected chi connectivity index (χ3v) is 5.65. The van der Waals surface area contributed by atoms with Gasteiger partial charge in [0.2, 0.25) is 0 Å². The standard InChI is InChI=1S/C21H18N2O3S/c1-13-6-9-15-4-2-3-5-17(15)23(13)20(25)16-10-7-14(8-11-16)12-18-19(24)22-21(26)27-18/h2-5,7-8,10-13H,6,9H2,1H3,(H,22,24,26)/b18-12-/t13-/m0/s1. The molecule has 5 nitrogen and oxygen atoms in total. The molecule has 0 saturated carbocycles. The van der Waals surface area contributed by atoms with Crippen LogP contribution in [0, 0.1) is 0 Å². The zero-order valence-electron chi connectivity index (χ0n) is 14.8. The van der Waals surface area contributed by atoms with Crippen molar-refractivity contribution in [2.75, 3.05) is 4.90 Å². The molecule has 0 unspecified atom stereocenters. The first kappa shape index (κ1) is 17.5. The summed E-state index contributed by atoms with van der Waals surface area (Å²) >= 11 is 0.881. The Morgan fingerprint density at radius 2 is 1.89 bits per heavy atom. The van der Waals surface area contributed by atoms with Crippen molar-refractivity contribution in [3.05, 3.63) is 70.1 Å². The smallest absolute Gasteiger partial charge is 0.290 e. The number of rotatable bonds is 2. The molecule has 2 aromatic rings. The highest BCUT2D eigenvalue weighted by atomic mass is 32.2. The van der Waals surface area contributed by atoms with E-state index >= 15 is 0 Å². The molecule has 6 heteroatoms. The summed E-state index contributed by atoms with van der Waals surface area (Å²) in [4.78, 5) is 38.2. The van der Waals surface area contributed by atoms with Crippen molar-refractivity contribution in [3.8, 4) is 0 Å². The monoisotopic (exact) mass is 378 g/mol. The second kappa shape index (κ2) is 7.04. The van der Waals surface area contributed by atoms with Gasteiger partial charge in [-0.3, -0.25) is 19.7 Å². The summed E-state index contributed by atoms with van der Waals surface area (Å²) < 4.78 is 0. The highest BCUT2D eigenvalue weighted by molar-refractivity contribution is 8.18. The van der Waals surface area contributed by atoms with Crippen LogP contribution in [-0.4, -0.2) is 23.1 Å². The van der Waals surface area contributed by atoms with Gasteiger partial charge in [-0.1, -0.05) is 30.3 Å². The van der Waals surface area contributed by atoms with Gasteiger partial charge in [0.05, 0.1) is 4.91 Å². The predicted molar refractivity (Wildman–Crippen MR) is 107 cm³/mol. The molecule has 27 heavy (non-hydrogen) atoms. The van der Waals surface area contributed by atoms with Crippen LogP contribution in [0.1, 0.15) is 34.8 Å². The van der Waals surface area contributed by atoms with Gasteiger partial charge in [-0.15, -0.1) is 0 Å². The van der Waals surface area contributed by atoms with E-state index in [2.05, 4.69) is 18.3 Å². The Morgan fingerprint density at radius 1 is 1.15 bits per heavy atom. The Labute approximate surface area is 161 Å². The normalized spacial score (nSPS) is 20.6. The first-order valence-corrected chi connectivity index (χ1v) is 9.61. The Morgan fingerprint density at radius 3 is 2.59 bits per heavy atom. The fourth-order valence-corrected chi connectivity index (χ4v) is 4.11. The van der Waals surface area contributed by atoms with Gasteiger partial charge in [-0.05, 0) is 66.9 Å². The molecule has 1 N–H and O–H groups in total. The van der Waals surface area contributed by atoms with E-state index in [4.69, 9.17) is 0 Å². The molecule has 0 radical (unpaired) electrons. The number of hydrogen-bond acceptors (Lipinski definition) is 4. The summed E-state index contributed by atoms with van der Waals surface area (Å²) in [6.07, 6.45) is 3.57. The molecule has 2 aliphatic rings. The molecule has 1 saturated heterocycles. The van der Waals surface area contributed by atoms with Crippen LogP contribution in [0.25, 0.3) is 6.08 Å². The second-order valence-electron chi connectivity index (χ2n) is 6.67. The number of para-hydroxylation sites is 1. The van der Waals surface area contributed by atoms with Gasteiger partial charge in [0.15, 0.2) is 0 Å². The number of carbonyl (C=O) groups excluding carboxylic acids is 3. The Hall–Kier alpha value is -2.86. The van der Waals surface area contributed by atoms with E-state index in [1.807, 2.05) is 23.1 Å². The maximum atomic E-state index is 13.1. The molecular formula is C21H18N2O3S. The lowest BCUT2D eigenvalue weighted by Crippen LogP contribution is -2.42. The zero-order valence-corrected chi connectivity index (χ0v) is 15.6. The maximum Gasteiger partial charge on any atom is 0.290 e. The van der Waals surface area contributed by atoms with Crippen molar-refractivity contribution < 1.29 is 14.4 Å². The van der Waals surface area contributed by atoms with Crippen LogP contribution in [0.2, 0.25) is 0 Å². The van der Waals surface area contributed by atoms with Crippen molar-refractivity contribution >= 4 is 40.6 Å². The lowest BCUT2D eigenvalue weighted by molar-refractivity contribution is -0.115. The van der Waals surface area contributed by atoms with Gasteiger partial charge in [0.1, 0.15) is 0 Å². The third-order valence-electron chi connectivity index (χ3n) is 4.84. The summed E-state index contributed by atoms with van der Waals surface area (Å²) in [5.74, 6) is -0.416. The lowest BCUT2D eigenvalue weighted by Gasteiger charge is -2.35. The summed E-state index contributed by atoms with van der Waals surface area (Å²) in [6, 6.07) is 15.3. The van der Waals surface area contributed by atoms with Gasteiger partial charge in [-0.2, -0.15) is 0 Å². The number of aryl methyl sites for hydroxylation is 1. The van der Waals surface area contributed by atoms with Crippen molar-refractivity contribution in [1.29, 1.82) is 0 Å². The van der Waals surface area contributed by atoms with Crippen molar-refractivity contribution in [2.45, 2.75) is 25.8 Å². The zero-order chi connectivity index (χ0) is 19.0. The molecule has 1 fully saturated rings. The van der Waals surface area contributed by atoms with E-state index in [1.54, 1.807) is 30.3 Å². The van der Waals surface area contributed by atoms with Crippen LogP contribution in [0.15, 0.2) is 53.4 Å². The highest BCUT2D eigenvalue weighted by Crippen LogP contribution is 2.32. The molecule has 136 valence electrons. The van der Waals surface area contributed by atoms with Crippen LogP contribution in [-0.2, 0) is 11.2 Å². The molecule has 4 rings (SSSR count). The van der Waals surface area contributed by atoms with E-state index in [0.29, 0.717) is 10.5 Å². The highest BCUT2D eigenvalue weighted by Gasteiger charge is 2.29. The Bertz CT molecular complexity index is 966. The van der Waals surface area contributed by atoms with Gasteiger partial charge in [0, 0.05) is 17.3 Å². The number of thioether (sulfide) groups is 1. The van der Waals surface area contributed by atoms with E-state index < -0.39 is 0 Å². The number of nitrogens with one attached hydrogen (secondary N) is 1. The van der Waals surface area contributed by atoms with E-state index in [9.17, 15) is 14.4 Å². The number of nitrogens with zero attached hydrogens (tertiary/aromatic N) is 1. The third kappa shape index (κ3) is 3.40. The quantitative estimate of drug-likeness (QED) is 0.803. The molecule has 3 amide bonds. The maximum absolute atomic E-state index is 13.1. The Balaban J connectivity index is 1.59. The molecule has 1 atom stereocenters. The van der Waals surface area contributed by atoms with Crippen LogP contribution in [0.4, 0.5) is 10.5 Å². The Kier molecular flexibility index (Phi) is 4.58. The van der Waals surface area contributed by atoms with Crippen LogP contribution in [0.5, 0.6) is 0 Å². The van der Waals surface area contributed by atoms with Gasteiger partial charge in [0.25, 0.3) is 17.1 Å². The fourth-order valence-electron chi connectivity index (χ4n) is 3.43. The van der Waals surface area contributed by atoms with E-state index in [-0.39, 0.29) is 23.1 Å². The minimum absolute atomic E-state index is 0.0305. The number of imide groups is 1. The van der Waals surface area contributed by atoms with E-state index in [1.165, 1.54) is 5.56 Å². The molecule has 2 aromatic carbocycles. The van der Waals surface area contributed by atoms with Gasteiger partial charge in [-0.25, -0.2) is 0 Å². The molecule has 2 heterocycles. The minimum atomic E-state index is -0.385. The molecule has 0 spiro atoms. The number of fused-ring (bicyclic) bond motifs is 1. The van der Waals surface area contributed by atoms with Crippen molar-refractivity contribution in [3.63, 3.8) is 0 Å². The topological polar surface area (TPSA) is 66.5 Å². The summed E-state index contributed by atoms with van der Waals surface area (Å²) in [7, 11) is 0. The first-order valence-electron chi connectivity index (χ1n) is 8.79. The molecule has 2 aliphatic heterocycles. The van der Waals surface area contributed by atoms with Crippen LogP contribution in [0.3, 0.4) is 0 Å². The van der Waals surface area contributed by atoms with Crippen molar-refractivity contribution in [2.24, 2.45) is 0 Å². The fraction of sp³-hybridized carbons (Fsp3) is 0.190. The van der Waals surface area contributed by atoms with Crippen LogP contribution < -0.4 is 10.2 Å². The SMILES string of the molecule is C[C@H]1CCc2ccccc2N1C(=O)c1ccc(/C=C2\SC(=O)NC2=O)cc1. The average molecular weight is 378 g/mol. The largest absolute Gasteiger partial charge is 0.305 e. The van der Waals surface area contributed by atoms with Gasteiger partial charge < -0.3 is 4.90 Å². The molecule has 0 aliphatic carbocycles. The molecule has 0 aromatic heterocycles. The number of hydrogen-bond donors (Lipinski definition) is 1. The molecular weight excluding hydrogens is 360 g/mol. The van der Waals surface area contributed by atoms with E-state index in [0.717, 1.165) is 35.9 Å². The lowest BCUT2D eigenvalue weighted by atomic mass is 9.95. The minimum Gasteiger partial charge on any atom is -0.305 e. The number of benzene rings is 2. The first-order chi connectivity index (χ1) is 13.0. The number of carbonyl (C=O) groups is 3. The second-order valence-corrected chi connectivity index (χ2v) is 7.68. The van der Waals surface area contributed by atoms with Crippen molar-refractivity contribution in [1.82, 2.24) is 5.32 Å².